The highest BCUT2D eigenvalue weighted by atomic mass is 127. The molecule has 3 aliphatic rings. The molecule has 66 heavy (non-hydrogen) atoms. The van der Waals surface area contributed by atoms with E-state index in [-0.39, 0.29) is 10.0 Å². The molecule has 8 rings (SSSR count). The maximum atomic E-state index is 13.8. The topological polar surface area (TPSA) is 109 Å². The van der Waals surface area contributed by atoms with Crippen molar-refractivity contribution in [3.63, 3.8) is 0 Å². The highest BCUT2D eigenvalue weighted by Crippen LogP contribution is 2.40. The largest absolute Gasteiger partial charge is 0.453 e. The molecule has 3 fully saturated rings. The van der Waals surface area contributed by atoms with Crippen LogP contribution in [-0.2, 0) is 73.8 Å². The summed E-state index contributed by atoms with van der Waals surface area (Å²) >= 11 is 4.68. The molecule has 0 bridgehead atoms. The quantitative estimate of drug-likeness (QED) is 0.0475. The predicted molar refractivity (Wildman–Crippen MR) is 265 cm³/mol. The minimum absolute atomic E-state index is 0.343. The van der Waals surface area contributed by atoms with Crippen molar-refractivity contribution in [1.29, 1.82) is 0 Å². The first-order chi connectivity index (χ1) is 32.2. The van der Waals surface area contributed by atoms with Crippen molar-refractivity contribution in [3.05, 3.63) is 179 Å². The molecule has 0 radical (unpaired) electrons. The molecule has 3 heterocycles. The zero-order valence-electron chi connectivity index (χ0n) is 37.3. The van der Waals surface area contributed by atoms with Crippen molar-refractivity contribution in [2.24, 2.45) is 0 Å². The van der Waals surface area contributed by atoms with Crippen LogP contribution in [0, 0.1) is 0 Å². The number of ether oxygens (including phenoxy) is 10. The second-order valence-electron chi connectivity index (χ2n) is 16.9. The van der Waals surface area contributed by atoms with Crippen molar-refractivity contribution < 1.29 is 52.2 Å². The lowest BCUT2D eigenvalue weighted by molar-refractivity contribution is -0.327. The van der Waals surface area contributed by atoms with Gasteiger partial charge in [0.25, 0.3) is 0 Å². The lowest BCUT2D eigenvalue weighted by Gasteiger charge is -2.49. The number of rotatable bonds is 18. The summed E-state index contributed by atoms with van der Waals surface area (Å²) in [5.74, 6) is -0.485. The fourth-order valence-electron chi connectivity index (χ4n) is 8.52. The van der Waals surface area contributed by atoms with E-state index in [4.69, 9.17) is 47.4 Å². The third kappa shape index (κ3) is 13.0. The van der Waals surface area contributed by atoms with E-state index in [2.05, 4.69) is 45.2 Å². The summed E-state index contributed by atoms with van der Waals surface area (Å²) in [4.78, 5) is 13.8. The van der Waals surface area contributed by atoms with Crippen LogP contribution in [0.3, 0.4) is 0 Å². The normalized spacial score (nSPS) is 31.2. The molecule has 13 heteroatoms. The van der Waals surface area contributed by atoms with Gasteiger partial charge in [-0.05, 0) is 55.2 Å². The van der Waals surface area contributed by atoms with E-state index in [0.717, 1.165) is 22.3 Å². The first-order valence-corrected chi connectivity index (χ1v) is 25.1. The van der Waals surface area contributed by atoms with Crippen LogP contribution in [0.4, 0.5) is 0 Å². The molecule has 0 aliphatic carbocycles. The molecule has 0 spiro atoms. The number of alkyl halides is 2. The molecule has 0 saturated carbocycles. The van der Waals surface area contributed by atoms with E-state index < -0.39 is 77.6 Å². The van der Waals surface area contributed by atoms with Gasteiger partial charge < -0.3 is 47.4 Å². The average Bonchev–Trinajstić information content (AvgIpc) is 3.34. The van der Waals surface area contributed by atoms with Gasteiger partial charge in [0.1, 0.15) is 24.4 Å². The van der Waals surface area contributed by atoms with Crippen LogP contribution in [-0.4, -0.2) is 87.6 Å². The number of esters is 1. The van der Waals surface area contributed by atoms with Crippen LogP contribution in [0.25, 0.3) is 0 Å². The Labute approximate surface area is 415 Å². The fraction of sp³-hybridized carbons (Fsp3) is 0.415. The molecule has 0 aromatic heterocycles. The Bertz CT molecular complexity index is 2190. The summed E-state index contributed by atoms with van der Waals surface area (Å²) in [6.45, 7) is 7.36. The van der Waals surface area contributed by atoms with Gasteiger partial charge in [-0.3, -0.25) is 0 Å². The average molecular weight is 1120 g/mol. The van der Waals surface area contributed by atoms with Crippen LogP contribution in [0.1, 0.15) is 59.8 Å². The van der Waals surface area contributed by atoms with Crippen molar-refractivity contribution in [1.82, 2.24) is 0 Å². The van der Waals surface area contributed by atoms with Crippen molar-refractivity contribution in [2.75, 3.05) is 0 Å². The predicted octanol–water partition coefficient (Wildman–Crippen LogP) is 10.2. The Hall–Kier alpha value is -3.33. The van der Waals surface area contributed by atoms with Crippen molar-refractivity contribution in [3.8, 4) is 0 Å². The number of halogens is 2. The number of hydrogen-bond acceptors (Lipinski definition) is 11. The molecule has 3 saturated heterocycles. The molecule has 5 aromatic rings. The maximum Gasteiger partial charge on any atom is 0.338 e. The van der Waals surface area contributed by atoms with Crippen LogP contribution in [0.15, 0.2) is 152 Å². The lowest BCUT2D eigenvalue weighted by atomic mass is 9.98. The Balaban J connectivity index is 1.05. The summed E-state index contributed by atoms with van der Waals surface area (Å²) in [6, 6.07) is 49.1. The molecule has 0 amide bonds. The van der Waals surface area contributed by atoms with Gasteiger partial charge in [-0.25, -0.2) is 4.79 Å². The molecule has 14 atom stereocenters. The van der Waals surface area contributed by atoms with Gasteiger partial charge in [0, 0.05) is 6.42 Å². The standard InChI is InChI=1S/C53H58I2O11/c1-34-46(58-31-38-21-11-5-12-22-38)42(29-43(61-34)57-30-37-19-9-4-10-20-37)64-52-45(55)50(48(36(3)63-52)65-51(56)41-27-17-8-18-28-41)66-53-44(54)49(60-33-40-25-15-7-16-26-40)47(35(2)62-53)59-32-39-23-13-6-14-24-39/h4-28,34-36,42-50,52-53H,29-33H2,1-3H3/t34-,35-,36-,42+,43+,44+,45+,46-,47-,48-,49+,50+,52-,53-/m0/s1. The Morgan fingerprint density at radius 1 is 0.470 bits per heavy atom. The lowest BCUT2D eigenvalue weighted by Crippen LogP contribution is -2.63. The van der Waals surface area contributed by atoms with Gasteiger partial charge in [0.15, 0.2) is 25.0 Å². The zero-order valence-corrected chi connectivity index (χ0v) is 41.6. The second-order valence-corrected chi connectivity index (χ2v) is 19.8. The first-order valence-electron chi connectivity index (χ1n) is 22.6. The number of carbonyl (C=O) groups excluding carboxylic acids is 1. The van der Waals surface area contributed by atoms with E-state index in [1.807, 2.05) is 160 Å². The maximum absolute atomic E-state index is 13.8. The molecule has 350 valence electrons. The van der Waals surface area contributed by atoms with Gasteiger partial charge >= 0.3 is 5.97 Å². The van der Waals surface area contributed by atoms with Crippen LogP contribution >= 0.6 is 45.2 Å². The second kappa shape index (κ2) is 24.3. The molecule has 0 N–H and O–H groups in total. The van der Waals surface area contributed by atoms with Crippen molar-refractivity contribution in [2.45, 2.75) is 135 Å². The number of carbonyl (C=O) groups is 1. The highest BCUT2D eigenvalue weighted by Gasteiger charge is 2.53. The Morgan fingerprint density at radius 2 is 0.864 bits per heavy atom. The smallest absolute Gasteiger partial charge is 0.338 e. The highest BCUT2D eigenvalue weighted by molar-refractivity contribution is 14.1. The first kappa shape index (κ1) is 49.1. The molecule has 5 aromatic carbocycles. The van der Waals surface area contributed by atoms with Crippen molar-refractivity contribution >= 4 is 51.2 Å². The third-order valence-electron chi connectivity index (χ3n) is 12.0. The molecule has 11 nitrogen and oxygen atoms in total. The third-order valence-corrected chi connectivity index (χ3v) is 14.6. The van der Waals surface area contributed by atoms with E-state index in [9.17, 15) is 4.79 Å². The van der Waals surface area contributed by atoms with Gasteiger partial charge in [-0.2, -0.15) is 0 Å². The number of hydrogen-bond donors (Lipinski definition) is 0. The Morgan fingerprint density at radius 3 is 1.38 bits per heavy atom. The fourth-order valence-corrected chi connectivity index (χ4v) is 10.4. The molecular formula is C53H58I2O11. The minimum atomic E-state index is -0.835. The molecular weight excluding hydrogens is 1070 g/mol. The summed E-state index contributed by atoms with van der Waals surface area (Å²) < 4.78 is 66.0. The van der Waals surface area contributed by atoms with Crippen LogP contribution in [0.5, 0.6) is 0 Å². The monoisotopic (exact) mass is 1120 g/mol. The van der Waals surface area contributed by atoms with Crippen LogP contribution < -0.4 is 0 Å². The molecule has 0 unspecified atom stereocenters. The Kier molecular flexibility index (Phi) is 18.1. The summed E-state index contributed by atoms with van der Waals surface area (Å²) in [5.41, 5.74) is 4.58. The van der Waals surface area contributed by atoms with E-state index in [1.165, 1.54) is 0 Å². The minimum Gasteiger partial charge on any atom is -0.453 e. The van der Waals surface area contributed by atoms with Gasteiger partial charge in [-0.1, -0.05) is 185 Å². The van der Waals surface area contributed by atoms with E-state index in [0.29, 0.717) is 38.4 Å². The number of benzene rings is 5. The summed E-state index contributed by atoms with van der Waals surface area (Å²) in [7, 11) is 0. The van der Waals surface area contributed by atoms with Gasteiger partial charge in [0.2, 0.25) is 0 Å². The summed E-state index contributed by atoms with van der Waals surface area (Å²) in [5, 5.41) is 0. The van der Waals surface area contributed by atoms with Crippen LogP contribution in [0.2, 0.25) is 0 Å². The zero-order chi connectivity index (χ0) is 45.8. The SMILES string of the molecule is C[C@@H]1O[C@@H](O[C@@H]2[C@@H](I)[C@H](O[C@@H]3C[C@H](OCc4ccccc4)O[C@@H](C)[C@@H]3OCc3ccccc3)O[C@@H](C)[C@@H]2OC(=O)c2ccccc2)[C@H](I)[C@@H](OCc2ccccc2)[C@H]1OCc1ccccc1. The van der Waals surface area contributed by atoms with Gasteiger partial charge in [-0.15, -0.1) is 0 Å². The molecule has 3 aliphatic heterocycles. The van der Waals surface area contributed by atoms with Gasteiger partial charge in [0.05, 0.1) is 64.3 Å². The summed E-state index contributed by atoms with van der Waals surface area (Å²) in [6.07, 6.45) is -6.62. The van der Waals surface area contributed by atoms with E-state index >= 15 is 0 Å². The van der Waals surface area contributed by atoms with E-state index in [1.54, 1.807) is 12.1 Å².